The molecule has 0 unspecified atom stereocenters. The van der Waals surface area contributed by atoms with Crippen molar-refractivity contribution in [2.45, 2.75) is 6.92 Å². The highest BCUT2D eigenvalue weighted by Gasteiger charge is 2.22. The largest absolute Gasteiger partial charge is 0.506 e. The van der Waals surface area contributed by atoms with Gasteiger partial charge >= 0.3 is 5.97 Å². The number of phenols is 1. The van der Waals surface area contributed by atoms with E-state index in [0.717, 1.165) is 0 Å². The number of para-hydroxylation sites is 1. The molecule has 0 saturated heterocycles. The Morgan fingerprint density at radius 1 is 1.08 bits per heavy atom. The maximum atomic E-state index is 13.0. The van der Waals surface area contributed by atoms with E-state index < -0.39 is 11.4 Å². The van der Waals surface area contributed by atoms with Crippen molar-refractivity contribution in [2.75, 3.05) is 7.11 Å². The van der Waals surface area contributed by atoms with E-state index in [0.29, 0.717) is 27.5 Å². The summed E-state index contributed by atoms with van der Waals surface area (Å²) in [7, 11) is 1.49. The van der Waals surface area contributed by atoms with Crippen molar-refractivity contribution < 1.29 is 23.8 Å². The number of hydrogen-bond donors (Lipinski definition) is 1. The van der Waals surface area contributed by atoms with E-state index in [4.69, 9.17) is 13.9 Å². The van der Waals surface area contributed by atoms with Gasteiger partial charge < -0.3 is 19.0 Å². The van der Waals surface area contributed by atoms with Crippen LogP contribution in [0.2, 0.25) is 0 Å². The van der Waals surface area contributed by atoms with Crippen LogP contribution in [0.15, 0.2) is 51.7 Å². The Hall–Kier alpha value is -3.54. The minimum Gasteiger partial charge on any atom is -0.506 e. The fourth-order valence-electron chi connectivity index (χ4n) is 3.06. The molecule has 1 N–H and O–H groups in total. The van der Waals surface area contributed by atoms with Gasteiger partial charge in [0.1, 0.15) is 22.5 Å². The normalized spacial score (nSPS) is 11.2. The third kappa shape index (κ3) is 2.27. The SMILES string of the molecule is COc1ccc2c(OC(C)=O)c3oc4ccccc4c(=O)c3c(O)c2c1. The first-order valence-corrected chi connectivity index (χ1v) is 7.88. The summed E-state index contributed by atoms with van der Waals surface area (Å²) in [6.45, 7) is 1.26. The zero-order valence-electron chi connectivity index (χ0n) is 14.0. The summed E-state index contributed by atoms with van der Waals surface area (Å²) >= 11 is 0. The van der Waals surface area contributed by atoms with Gasteiger partial charge in [-0.25, -0.2) is 0 Å². The van der Waals surface area contributed by atoms with Crippen LogP contribution in [0.4, 0.5) is 0 Å². The molecule has 0 aliphatic heterocycles. The Morgan fingerprint density at radius 3 is 2.58 bits per heavy atom. The second-order valence-electron chi connectivity index (χ2n) is 5.81. The van der Waals surface area contributed by atoms with E-state index in [-0.39, 0.29) is 22.5 Å². The van der Waals surface area contributed by atoms with Crippen molar-refractivity contribution in [3.05, 3.63) is 52.7 Å². The average molecular weight is 350 g/mol. The third-order valence-electron chi connectivity index (χ3n) is 4.21. The Morgan fingerprint density at radius 2 is 1.85 bits per heavy atom. The summed E-state index contributed by atoms with van der Waals surface area (Å²) < 4.78 is 16.4. The zero-order valence-corrected chi connectivity index (χ0v) is 14.0. The van der Waals surface area contributed by atoms with E-state index in [9.17, 15) is 14.7 Å². The van der Waals surface area contributed by atoms with Gasteiger partial charge in [0.05, 0.1) is 12.5 Å². The Bertz CT molecular complexity index is 1250. The smallest absolute Gasteiger partial charge is 0.308 e. The average Bonchev–Trinajstić information content (AvgIpc) is 2.64. The second kappa shape index (κ2) is 5.77. The van der Waals surface area contributed by atoms with Crippen molar-refractivity contribution in [3.63, 3.8) is 0 Å². The fraction of sp³-hybridized carbons (Fsp3) is 0.100. The number of carbonyl (C=O) groups is 1. The van der Waals surface area contributed by atoms with Crippen molar-refractivity contribution in [1.82, 2.24) is 0 Å². The van der Waals surface area contributed by atoms with Crippen LogP contribution in [-0.2, 0) is 4.79 Å². The maximum Gasteiger partial charge on any atom is 0.308 e. The van der Waals surface area contributed by atoms with Gasteiger partial charge in [0, 0.05) is 17.7 Å². The summed E-state index contributed by atoms with van der Waals surface area (Å²) in [5, 5.41) is 11.8. The van der Waals surface area contributed by atoms with Gasteiger partial charge in [-0.1, -0.05) is 12.1 Å². The van der Waals surface area contributed by atoms with Crippen molar-refractivity contribution >= 4 is 38.7 Å². The molecular formula is C20H14O6. The van der Waals surface area contributed by atoms with Crippen LogP contribution >= 0.6 is 0 Å². The van der Waals surface area contributed by atoms with Gasteiger partial charge in [0.2, 0.25) is 5.43 Å². The predicted octanol–water partition coefficient (Wildman–Crippen LogP) is 3.74. The first-order chi connectivity index (χ1) is 12.5. The van der Waals surface area contributed by atoms with Crippen LogP contribution in [0.5, 0.6) is 17.2 Å². The fourth-order valence-corrected chi connectivity index (χ4v) is 3.06. The van der Waals surface area contributed by atoms with Crippen molar-refractivity contribution in [1.29, 1.82) is 0 Å². The number of phenolic OH excluding ortho intramolecular Hbond substituents is 1. The highest BCUT2D eigenvalue weighted by molar-refractivity contribution is 6.11. The molecule has 0 bridgehead atoms. The highest BCUT2D eigenvalue weighted by Crippen LogP contribution is 2.43. The van der Waals surface area contributed by atoms with Gasteiger partial charge in [-0.15, -0.1) is 0 Å². The summed E-state index contributed by atoms with van der Waals surface area (Å²) in [6, 6.07) is 11.6. The monoisotopic (exact) mass is 350 g/mol. The number of carbonyl (C=O) groups excluding carboxylic acids is 1. The molecule has 4 rings (SSSR count). The quantitative estimate of drug-likeness (QED) is 0.337. The number of rotatable bonds is 2. The van der Waals surface area contributed by atoms with E-state index in [1.54, 1.807) is 42.5 Å². The first-order valence-electron chi connectivity index (χ1n) is 7.88. The molecule has 0 amide bonds. The molecule has 0 fully saturated rings. The molecule has 3 aromatic carbocycles. The van der Waals surface area contributed by atoms with Crippen molar-refractivity contribution in [2.24, 2.45) is 0 Å². The molecule has 26 heavy (non-hydrogen) atoms. The topological polar surface area (TPSA) is 86.0 Å². The number of aromatic hydroxyl groups is 1. The van der Waals surface area contributed by atoms with Crippen LogP contribution in [0, 0.1) is 0 Å². The summed E-state index contributed by atoms with van der Waals surface area (Å²) in [4.78, 5) is 24.6. The zero-order chi connectivity index (χ0) is 18.4. The Labute approximate surface area is 147 Å². The second-order valence-corrected chi connectivity index (χ2v) is 5.81. The van der Waals surface area contributed by atoms with Crippen LogP contribution in [-0.4, -0.2) is 18.2 Å². The van der Waals surface area contributed by atoms with E-state index in [1.165, 1.54) is 14.0 Å². The predicted molar refractivity (Wildman–Crippen MR) is 97.0 cm³/mol. The molecular weight excluding hydrogens is 336 g/mol. The third-order valence-corrected chi connectivity index (χ3v) is 4.21. The van der Waals surface area contributed by atoms with Crippen LogP contribution in [0.1, 0.15) is 6.92 Å². The minimum absolute atomic E-state index is 0.0269. The molecule has 4 aromatic rings. The number of ether oxygens (including phenoxy) is 2. The molecule has 0 radical (unpaired) electrons. The van der Waals surface area contributed by atoms with Gasteiger partial charge in [-0.05, 0) is 30.3 Å². The standard InChI is InChI=1S/C20H14O6/c1-10(21)25-19-12-8-7-11(24-2)9-14(12)18(23)16-17(22)13-5-3-4-6-15(13)26-20(16)19/h3-9,23H,1-2H3. The van der Waals surface area contributed by atoms with Gasteiger partial charge in [-0.2, -0.15) is 0 Å². The molecule has 0 aliphatic rings. The maximum absolute atomic E-state index is 13.0. The summed E-state index contributed by atoms with van der Waals surface area (Å²) in [5.74, 6) is -0.230. The number of esters is 1. The number of methoxy groups -OCH3 is 1. The van der Waals surface area contributed by atoms with Gasteiger partial charge in [-0.3, -0.25) is 9.59 Å². The molecule has 1 heterocycles. The lowest BCUT2D eigenvalue weighted by Gasteiger charge is -2.13. The van der Waals surface area contributed by atoms with Crippen LogP contribution in [0.3, 0.4) is 0 Å². The van der Waals surface area contributed by atoms with Gasteiger partial charge in [0.15, 0.2) is 11.3 Å². The molecule has 6 nitrogen and oxygen atoms in total. The number of fused-ring (bicyclic) bond motifs is 3. The molecule has 0 spiro atoms. The molecule has 0 saturated carbocycles. The molecule has 0 aliphatic carbocycles. The Kier molecular flexibility index (Phi) is 3.54. The lowest BCUT2D eigenvalue weighted by molar-refractivity contribution is -0.131. The summed E-state index contributed by atoms with van der Waals surface area (Å²) in [6.07, 6.45) is 0. The summed E-state index contributed by atoms with van der Waals surface area (Å²) in [5.41, 5.74) is -0.0396. The molecule has 1 aromatic heterocycles. The van der Waals surface area contributed by atoms with Crippen molar-refractivity contribution in [3.8, 4) is 17.2 Å². The minimum atomic E-state index is -0.565. The highest BCUT2D eigenvalue weighted by atomic mass is 16.5. The molecule has 0 atom stereocenters. The molecule has 130 valence electrons. The van der Waals surface area contributed by atoms with Gasteiger partial charge in [0.25, 0.3) is 0 Å². The van der Waals surface area contributed by atoms with E-state index in [2.05, 4.69) is 0 Å². The van der Waals surface area contributed by atoms with Crippen LogP contribution < -0.4 is 14.9 Å². The lowest BCUT2D eigenvalue weighted by Crippen LogP contribution is -2.07. The number of benzene rings is 3. The van der Waals surface area contributed by atoms with E-state index >= 15 is 0 Å². The van der Waals surface area contributed by atoms with E-state index in [1.807, 2.05) is 0 Å². The number of hydrogen-bond acceptors (Lipinski definition) is 6. The first kappa shape index (κ1) is 16.0. The Balaban J connectivity index is 2.29. The van der Waals surface area contributed by atoms with Crippen LogP contribution in [0.25, 0.3) is 32.7 Å². The lowest BCUT2D eigenvalue weighted by atomic mass is 10.0. The molecule has 6 heteroatoms.